The van der Waals surface area contributed by atoms with E-state index >= 15 is 0 Å². The minimum atomic E-state index is -0.914. The molecule has 0 aromatic heterocycles. The third kappa shape index (κ3) is 3.12. The maximum Gasteiger partial charge on any atom is 0.355 e. The van der Waals surface area contributed by atoms with E-state index in [1.807, 2.05) is 0 Å². The van der Waals surface area contributed by atoms with E-state index in [4.69, 9.17) is 11.2 Å². The fraction of sp³-hybridized carbons (Fsp3) is 0.0769. The number of hydrogen-bond acceptors (Lipinski definition) is 5. The second kappa shape index (κ2) is 5.55. The second-order valence-corrected chi connectivity index (χ2v) is 3.36. The van der Waals surface area contributed by atoms with Gasteiger partial charge in [0.25, 0.3) is 0 Å². The standard InChI is InChI=1S/C13H10O5/c1-4-17-13(16)10-7-9(5-6-11(10)14)18-12(15)8(2)3/h1,5-7,14H,2H2,3H3. The largest absolute Gasteiger partial charge is 0.507 e. The highest BCUT2D eigenvalue weighted by Crippen LogP contribution is 2.24. The lowest BCUT2D eigenvalue weighted by molar-refractivity contribution is -0.130. The first-order valence-corrected chi connectivity index (χ1v) is 4.83. The Morgan fingerprint density at radius 3 is 2.67 bits per heavy atom. The molecular formula is C13H10O5. The van der Waals surface area contributed by atoms with Gasteiger partial charge in [-0.05, 0) is 25.1 Å². The van der Waals surface area contributed by atoms with Crippen LogP contribution in [0.4, 0.5) is 0 Å². The summed E-state index contributed by atoms with van der Waals surface area (Å²) in [6.45, 7) is 4.90. The Bertz CT molecular complexity index is 551. The van der Waals surface area contributed by atoms with E-state index in [9.17, 15) is 14.7 Å². The normalized spacial score (nSPS) is 9.11. The maximum absolute atomic E-state index is 11.4. The number of terminal acetylenes is 1. The number of benzene rings is 1. The van der Waals surface area contributed by atoms with Crippen LogP contribution in [0.25, 0.3) is 0 Å². The van der Waals surface area contributed by atoms with Crippen LogP contribution >= 0.6 is 0 Å². The predicted molar refractivity (Wildman–Crippen MR) is 62.8 cm³/mol. The molecular weight excluding hydrogens is 236 g/mol. The molecule has 0 aliphatic rings. The molecule has 0 radical (unpaired) electrons. The van der Waals surface area contributed by atoms with Crippen molar-refractivity contribution in [1.82, 2.24) is 0 Å². The Morgan fingerprint density at radius 2 is 2.11 bits per heavy atom. The van der Waals surface area contributed by atoms with Crippen LogP contribution in [0.15, 0.2) is 30.4 Å². The molecule has 0 bridgehead atoms. The van der Waals surface area contributed by atoms with Crippen LogP contribution in [0, 0.1) is 12.5 Å². The molecule has 1 N–H and O–H groups in total. The molecule has 0 saturated carbocycles. The van der Waals surface area contributed by atoms with E-state index in [2.05, 4.69) is 11.3 Å². The minimum Gasteiger partial charge on any atom is -0.507 e. The first kappa shape index (κ1) is 13.3. The fourth-order valence-electron chi connectivity index (χ4n) is 1.04. The van der Waals surface area contributed by atoms with Gasteiger partial charge in [-0.25, -0.2) is 9.59 Å². The topological polar surface area (TPSA) is 72.8 Å². The predicted octanol–water partition coefficient (Wildman–Crippen LogP) is 1.62. The number of rotatable bonds is 3. The van der Waals surface area contributed by atoms with Crippen molar-refractivity contribution in [2.75, 3.05) is 0 Å². The average Bonchev–Trinajstić information content (AvgIpc) is 2.31. The van der Waals surface area contributed by atoms with Gasteiger partial charge < -0.3 is 14.6 Å². The molecule has 0 saturated heterocycles. The molecule has 0 unspecified atom stereocenters. The minimum absolute atomic E-state index is 0.0739. The van der Waals surface area contributed by atoms with Crippen LogP contribution < -0.4 is 4.74 Å². The third-order valence-electron chi connectivity index (χ3n) is 1.90. The van der Waals surface area contributed by atoms with Crippen LogP contribution in [0.5, 0.6) is 11.5 Å². The van der Waals surface area contributed by atoms with Gasteiger partial charge in [0, 0.05) is 5.57 Å². The molecule has 0 fully saturated rings. The van der Waals surface area contributed by atoms with Gasteiger partial charge in [-0.2, -0.15) is 0 Å². The van der Waals surface area contributed by atoms with Crippen LogP contribution in [0.2, 0.25) is 0 Å². The van der Waals surface area contributed by atoms with Crippen molar-refractivity contribution in [2.24, 2.45) is 0 Å². The number of ether oxygens (including phenoxy) is 2. The van der Waals surface area contributed by atoms with E-state index in [0.717, 1.165) is 6.07 Å². The van der Waals surface area contributed by atoms with Crippen LogP contribution in [-0.2, 0) is 9.53 Å². The summed E-state index contributed by atoms with van der Waals surface area (Å²) in [7, 11) is 0. The van der Waals surface area contributed by atoms with Crippen molar-refractivity contribution in [1.29, 1.82) is 0 Å². The van der Waals surface area contributed by atoms with Crippen molar-refractivity contribution in [3.8, 4) is 24.0 Å². The van der Waals surface area contributed by atoms with Gasteiger partial charge >= 0.3 is 11.9 Å². The monoisotopic (exact) mass is 246 g/mol. The Hall–Kier alpha value is -2.74. The summed E-state index contributed by atoms with van der Waals surface area (Å²) in [6.07, 6.45) is 6.49. The number of phenolic OH excluding ortho intramolecular Hbond substituents is 1. The number of carbonyl (C=O) groups is 2. The van der Waals surface area contributed by atoms with E-state index in [1.54, 1.807) is 6.11 Å². The molecule has 92 valence electrons. The van der Waals surface area contributed by atoms with Gasteiger partial charge in [0.1, 0.15) is 23.2 Å². The van der Waals surface area contributed by atoms with E-state index < -0.39 is 11.9 Å². The smallest absolute Gasteiger partial charge is 0.355 e. The van der Waals surface area contributed by atoms with Crippen LogP contribution in [0.1, 0.15) is 17.3 Å². The maximum atomic E-state index is 11.4. The number of carbonyl (C=O) groups excluding carboxylic acids is 2. The molecule has 0 spiro atoms. The van der Waals surface area contributed by atoms with Crippen molar-refractivity contribution in [3.05, 3.63) is 35.9 Å². The molecule has 1 aromatic rings. The van der Waals surface area contributed by atoms with Crippen LogP contribution in [0.3, 0.4) is 0 Å². The highest BCUT2D eigenvalue weighted by atomic mass is 16.5. The quantitative estimate of drug-likeness (QED) is 0.379. The average molecular weight is 246 g/mol. The van der Waals surface area contributed by atoms with Crippen molar-refractivity contribution < 1.29 is 24.2 Å². The molecule has 5 heteroatoms. The Morgan fingerprint density at radius 1 is 1.44 bits per heavy atom. The molecule has 1 rings (SSSR count). The molecule has 0 heterocycles. The highest BCUT2D eigenvalue weighted by molar-refractivity contribution is 5.94. The molecule has 0 aliphatic heterocycles. The third-order valence-corrected chi connectivity index (χ3v) is 1.90. The molecule has 5 nitrogen and oxygen atoms in total. The Labute approximate surface area is 104 Å². The second-order valence-electron chi connectivity index (χ2n) is 3.36. The van der Waals surface area contributed by atoms with Gasteiger partial charge in [-0.15, -0.1) is 0 Å². The Balaban J connectivity index is 3.01. The van der Waals surface area contributed by atoms with Gasteiger partial charge in [0.15, 0.2) is 0 Å². The molecule has 0 atom stereocenters. The Kier molecular flexibility index (Phi) is 4.11. The lowest BCUT2D eigenvalue weighted by Gasteiger charge is -2.06. The first-order chi connectivity index (χ1) is 8.45. The van der Waals surface area contributed by atoms with Gasteiger partial charge in [-0.3, -0.25) is 0 Å². The summed E-state index contributed by atoms with van der Waals surface area (Å²) >= 11 is 0. The van der Waals surface area contributed by atoms with Gasteiger partial charge in [0.2, 0.25) is 0 Å². The first-order valence-electron chi connectivity index (χ1n) is 4.83. The molecule has 0 aliphatic carbocycles. The van der Waals surface area contributed by atoms with Crippen molar-refractivity contribution in [2.45, 2.75) is 6.92 Å². The number of phenols is 1. The fourth-order valence-corrected chi connectivity index (χ4v) is 1.04. The van der Waals surface area contributed by atoms with E-state index in [0.29, 0.717) is 0 Å². The summed E-state index contributed by atoms with van der Waals surface area (Å²) in [6, 6.07) is 3.66. The van der Waals surface area contributed by atoms with E-state index in [-0.39, 0.29) is 22.6 Å². The summed E-state index contributed by atoms with van der Waals surface area (Å²) in [5.41, 5.74) is 0.00999. The number of aromatic hydroxyl groups is 1. The molecule has 18 heavy (non-hydrogen) atoms. The molecule has 0 amide bonds. The summed E-state index contributed by atoms with van der Waals surface area (Å²) in [5.74, 6) is -1.81. The SMILES string of the molecule is C#COC(=O)c1cc(OC(=O)C(=C)C)ccc1O. The summed E-state index contributed by atoms with van der Waals surface area (Å²) in [4.78, 5) is 22.6. The number of esters is 2. The lowest BCUT2D eigenvalue weighted by atomic mass is 10.2. The molecule has 1 aromatic carbocycles. The lowest BCUT2D eigenvalue weighted by Crippen LogP contribution is -2.09. The zero-order valence-electron chi connectivity index (χ0n) is 9.60. The summed E-state index contributed by atoms with van der Waals surface area (Å²) < 4.78 is 9.18. The van der Waals surface area contributed by atoms with Gasteiger partial charge in [-0.1, -0.05) is 13.0 Å². The zero-order chi connectivity index (χ0) is 13.7. The number of hydrogen-bond donors (Lipinski definition) is 1. The van der Waals surface area contributed by atoms with Crippen molar-refractivity contribution >= 4 is 11.9 Å². The van der Waals surface area contributed by atoms with E-state index in [1.165, 1.54) is 19.1 Å². The highest BCUT2D eigenvalue weighted by Gasteiger charge is 2.15. The van der Waals surface area contributed by atoms with Crippen molar-refractivity contribution in [3.63, 3.8) is 0 Å². The van der Waals surface area contributed by atoms with Gasteiger partial charge in [0.05, 0.1) is 0 Å². The van der Waals surface area contributed by atoms with Crippen LogP contribution in [-0.4, -0.2) is 17.0 Å². The zero-order valence-corrected chi connectivity index (χ0v) is 9.60. The summed E-state index contributed by atoms with van der Waals surface area (Å²) in [5, 5.41) is 9.45.